The molecule has 2 aromatic carbocycles. The number of imide groups is 1. The van der Waals surface area contributed by atoms with E-state index in [1.54, 1.807) is 31.2 Å². The Morgan fingerprint density at radius 2 is 1.40 bits per heavy atom. The standard InChI is InChI=1S/C20H15N3O2/c1-12-15-16(17(21)18(22-12)13-8-4-2-5-9-13)20(25)23(19(15)24)14-10-6-3-7-11-14/h2-11H,21H2,1H3. The first-order valence-corrected chi connectivity index (χ1v) is 7.89. The van der Waals surface area contributed by atoms with Crippen LogP contribution in [0.3, 0.4) is 0 Å². The third-order valence-electron chi connectivity index (χ3n) is 4.31. The van der Waals surface area contributed by atoms with Crippen molar-refractivity contribution >= 4 is 23.2 Å². The van der Waals surface area contributed by atoms with Gasteiger partial charge in [0.2, 0.25) is 0 Å². The molecule has 0 aliphatic carbocycles. The molecule has 2 N–H and O–H groups in total. The first kappa shape index (κ1) is 15.1. The maximum Gasteiger partial charge on any atom is 0.268 e. The van der Waals surface area contributed by atoms with Gasteiger partial charge in [0.25, 0.3) is 11.8 Å². The summed E-state index contributed by atoms with van der Waals surface area (Å²) in [6.45, 7) is 1.73. The number of carbonyl (C=O) groups is 2. The molecule has 1 aliphatic rings. The van der Waals surface area contributed by atoms with E-state index >= 15 is 0 Å². The molecule has 0 fully saturated rings. The van der Waals surface area contributed by atoms with Gasteiger partial charge in [0.05, 0.1) is 33.9 Å². The Balaban J connectivity index is 1.92. The molecule has 3 aromatic rings. The van der Waals surface area contributed by atoms with Gasteiger partial charge < -0.3 is 5.73 Å². The molecule has 4 rings (SSSR count). The van der Waals surface area contributed by atoms with E-state index in [9.17, 15) is 9.59 Å². The van der Waals surface area contributed by atoms with Crippen LogP contribution in [0.25, 0.3) is 11.3 Å². The number of aromatic nitrogens is 1. The zero-order valence-corrected chi connectivity index (χ0v) is 13.6. The fourth-order valence-electron chi connectivity index (χ4n) is 3.15. The number of para-hydroxylation sites is 1. The van der Waals surface area contributed by atoms with E-state index in [-0.39, 0.29) is 22.7 Å². The summed E-state index contributed by atoms with van der Waals surface area (Å²) in [6, 6.07) is 18.2. The molecule has 1 aliphatic heterocycles. The van der Waals surface area contributed by atoms with E-state index in [0.29, 0.717) is 17.1 Å². The highest BCUT2D eigenvalue weighted by Gasteiger charge is 2.41. The third-order valence-corrected chi connectivity index (χ3v) is 4.31. The van der Waals surface area contributed by atoms with Crippen LogP contribution in [-0.4, -0.2) is 16.8 Å². The summed E-state index contributed by atoms with van der Waals surface area (Å²) in [5.74, 6) is -0.797. The minimum Gasteiger partial charge on any atom is -0.396 e. The molecular formula is C20H15N3O2. The summed E-state index contributed by atoms with van der Waals surface area (Å²) >= 11 is 0. The van der Waals surface area contributed by atoms with Crippen molar-refractivity contribution in [2.24, 2.45) is 0 Å². The summed E-state index contributed by atoms with van der Waals surface area (Å²) in [5.41, 5.74) is 9.38. The molecule has 0 unspecified atom stereocenters. The Kier molecular flexibility index (Phi) is 3.35. The summed E-state index contributed by atoms with van der Waals surface area (Å²) in [7, 11) is 0. The van der Waals surface area contributed by atoms with E-state index < -0.39 is 5.91 Å². The van der Waals surface area contributed by atoms with Crippen LogP contribution in [0.1, 0.15) is 26.4 Å². The Labute approximate surface area is 144 Å². The molecule has 2 heterocycles. The number of anilines is 2. The molecule has 0 saturated carbocycles. The van der Waals surface area contributed by atoms with Crippen LogP contribution in [-0.2, 0) is 0 Å². The van der Waals surface area contributed by atoms with Crippen molar-refractivity contribution in [3.8, 4) is 11.3 Å². The number of nitrogens with zero attached hydrogens (tertiary/aromatic N) is 2. The number of hydrogen-bond acceptors (Lipinski definition) is 4. The SMILES string of the molecule is Cc1nc(-c2ccccc2)c(N)c2c1C(=O)N(c1ccccc1)C2=O. The zero-order chi connectivity index (χ0) is 17.6. The second-order valence-electron chi connectivity index (χ2n) is 5.86. The van der Waals surface area contributed by atoms with E-state index in [0.717, 1.165) is 10.5 Å². The van der Waals surface area contributed by atoms with Gasteiger partial charge in [0.15, 0.2) is 0 Å². The predicted octanol–water partition coefficient (Wildman–Crippen LogP) is 3.44. The topological polar surface area (TPSA) is 76.3 Å². The zero-order valence-electron chi connectivity index (χ0n) is 13.6. The van der Waals surface area contributed by atoms with E-state index in [2.05, 4.69) is 4.98 Å². The van der Waals surface area contributed by atoms with Crippen molar-refractivity contribution in [3.05, 3.63) is 77.5 Å². The largest absolute Gasteiger partial charge is 0.396 e. The number of rotatable bonds is 2. The summed E-state index contributed by atoms with van der Waals surface area (Å²) < 4.78 is 0. The van der Waals surface area contributed by atoms with Crippen LogP contribution in [0.15, 0.2) is 60.7 Å². The van der Waals surface area contributed by atoms with Crippen molar-refractivity contribution in [2.45, 2.75) is 6.92 Å². The first-order chi connectivity index (χ1) is 12.1. The van der Waals surface area contributed by atoms with Gasteiger partial charge in [-0.2, -0.15) is 0 Å². The number of nitrogens with two attached hydrogens (primary N) is 1. The van der Waals surface area contributed by atoms with E-state index in [1.165, 1.54) is 0 Å². The van der Waals surface area contributed by atoms with Gasteiger partial charge in [-0.15, -0.1) is 0 Å². The highest BCUT2D eigenvalue weighted by molar-refractivity contribution is 6.36. The Morgan fingerprint density at radius 1 is 0.840 bits per heavy atom. The summed E-state index contributed by atoms with van der Waals surface area (Å²) in [5, 5.41) is 0. The van der Waals surface area contributed by atoms with Crippen molar-refractivity contribution < 1.29 is 9.59 Å². The quantitative estimate of drug-likeness (QED) is 0.731. The Morgan fingerprint density at radius 3 is 2.04 bits per heavy atom. The number of aryl methyl sites for hydroxylation is 1. The first-order valence-electron chi connectivity index (χ1n) is 7.89. The van der Waals surface area contributed by atoms with Gasteiger partial charge in [-0.05, 0) is 19.1 Å². The Hall–Kier alpha value is -3.47. The Bertz CT molecular complexity index is 998. The number of carbonyl (C=O) groups excluding carboxylic acids is 2. The fourth-order valence-corrected chi connectivity index (χ4v) is 3.15. The van der Waals surface area contributed by atoms with Gasteiger partial charge in [-0.1, -0.05) is 48.5 Å². The minimum absolute atomic E-state index is 0.236. The van der Waals surface area contributed by atoms with Crippen LogP contribution in [0.4, 0.5) is 11.4 Å². The van der Waals surface area contributed by atoms with Crippen molar-refractivity contribution in [1.82, 2.24) is 4.98 Å². The smallest absolute Gasteiger partial charge is 0.268 e. The van der Waals surface area contributed by atoms with Gasteiger partial charge in [-0.25, -0.2) is 4.90 Å². The third kappa shape index (κ3) is 2.21. The molecule has 0 atom stereocenters. The maximum absolute atomic E-state index is 13.0. The van der Waals surface area contributed by atoms with E-state index in [1.807, 2.05) is 36.4 Å². The van der Waals surface area contributed by atoms with Gasteiger partial charge in [-0.3, -0.25) is 14.6 Å². The average Bonchev–Trinajstić information content (AvgIpc) is 2.91. The number of amides is 2. The minimum atomic E-state index is -0.411. The van der Waals surface area contributed by atoms with Crippen LogP contribution >= 0.6 is 0 Å². The molecule has 0 spiro atoms. The highest BCUT2D eigenvalue weighted by atomic mass is 16.2. The van der Waals surface area contributed by atoms with Crippen molar-refractivity contribution in [2.75, 3.05) is 10.6 Å². The number of hydrogen-bond donors (Lipinski definition) is 1. The average molecular weight is 329 g/mol. The monoisotopic (exact) mass is 329 g/mol. The van der Waals surface area contributed by atoms with Gasteiger partial charge >= 0.3 is 0 Å². The molecular weight excluding hydrogens is 314 g/mol. The summed E-state index contributed by atoms with van der Waals surface area (Å²) in [6.07, 6.45) is 0. The molecule has 5 nitrogen and oxygen atoms in total. The lowest BCUT2D eigenvalue weighted by molar-refractivity contribution is 0.0926. The molecule has 0 radical (unpaired) electrons. The van der Waals surface area contributed by atoms with Crippen LogP contribution in [0.5, 0.6) is 0 Å². The lowest BCUT2D eigenvalue weighted by Gasteiger charge is -2.13. The number of pyridine rings is 1. The van der Waals surface area contributed by atoms with Crippen molar-refractivity contribution in [1.29, 1.82) is 0 Å². The molecule has 5 heteroatoms. The predicted molar refractivity (Wildman–Crippen MR) is 96.4 cm³/mol. The molecule has 25 heavy (non-hydrogen) atoms. The lowest BCUT2D eigenvalue weighted by atomic mass is 10.0. The molecule has 0 bridgehead atoms. The van der Waals surface area contributed by atoms with Gasteiger partial charge in [0, 0.05) is 5.56 Å². The molecule has 122 valence electrons. The summed E-state index contributed by atoms with van der Waals surface area (Å²) in [4.78, 5) is 31.5. The van der Waals surface area contributed by atoms with Crippen LogP contribution in [0.2, 0.25) is 0 Å². The highest BCUT2D eigenvalue weighted by Crippen LogP contribution is 2.37. The van der Waals surface area contributed by atoms with Crippen LogP contribution < -0.4 is 10.6 Å². The van der Waals surface area contributed by atoms with Gasteiger partial charge in [0.1, 0.15) is 0 Å². The normalized spacial score (nSPS) is 13.2. The maximum atomic E-state index is 13.0. The second kappa shape index (κ2) is 5.56. The number of nitrogen functional groups attached to an aromatic ring is 1. The number of fused-ring (bicyclic) bond motifs is 1. The lowest BCUT2D eigenvalue weighted by Crippen LogP contribution is -2.29. The van der Waals surface area contributed by atoms with Crippen molar-refractivity contribution in [3.63, 3.8) is 0 Å². The van der Waals surface area contributed by atoms with E-state index in [4.69, 9.17) is 5.73 Å². The second-order valence-corrected chi connectivity index (χ2v) is 5.86. The number of benzene rings is 2. The molecule has 2 amide bonds. The molecule has 0 saturated heterocycles. The fraction of sp³-hybridized carbons (Fsp3) is 0.0500. The molecule has 1 aromatic heterocycles. The van der Waals surface area contributed by atoms with Crippen LogP contribution in [0, 0.1) is 6.92 Å².